The molecule has 0 unspecified atom stereocenters. The predicted octanol–water partition coefficient (Wildman–Crippen LogP) is 4.14. The zero-order valence-electron chi connectivity index (χ0n) is 10.5. The molecule has 1 heterocycles. The Morgan fingerprint density at radius 1 is 1.00 bits per heavy atom. The molecule has 1 N–H and O–H groups in total. The van der Waals surface area contributed by atoms with E-state index in [9.17, 15) is 4.79 Å². The summed E-state index contributed by atoms with van der Waals surface area (Å²) in [5, 5.41) is 5.24. The Bertz CT molecular complexity index is 786. The van der Waals surface area contributed by atoms with Gasteiger partial charge in [-0.05, 0) is 23.6 Å². The van der Waals surface area contributed by atoms with Gasteiger partial charge in [-0.1, -0.05) is 48.0 Å². The van der Waals surface area contributed by atoms with Crippen LogP contribution in [0, 0.1) is 0 Å². The summed E-state index contributed by atoms with van der Waals surface area (Å²) in [7, 11) is 0. The molecule has 0 aliphatic heterocycles. The third-order valence-electron chi connectivity index (χ3n) is 2.99. The van der Waals surface area contributed by atoms with Crippen LogP contribution in [0.5, 0.6) is 0 Å². The van der Waals surface area contributed by atoms with Gasteiger partial charge in [0.05, 0.1) is 10.7 Å². The fourth-order valence-corrected chi connectivity index (χ4v) is 2.14. The van der Waals surface area contributed by atoms with Crippen molar-refractivity contribution in [1.82, 2.24) is 4.98 Å². The van der Waals surface area contributed by atoms with Gasteiger partial charge in [0.15, 0.2) is 0 Å². The Labute approximate surface area is 121 Å². The number of pyridine rings is 1. The van der Waals surface area contributed by atoms with Gasteiger partial charge in [0, 0.05) is 11.6 Å². The highest BCUT2D eigenvalue weighted by Gasteiger charge is 2.10. The summed E-state index contributed by atoms with van der Waals surface area (Å²) in [6.07, 6.45) is 1.69. The molecule has 3 nitrogen and oxygen atoms in total. The summed E-state index contributed by atoms with van der Waals surface area (Å²) in [5.74, 6) is -0.274. The van der Waals surface area contributed by atoms with Gasteiger partial charge in [-0.2, -0.15) is 0 Å². The molecule has 0 aliphatic rings. The van der Waals surface area contributed by atoms with E-state index in [1.165, 1.54) is 0 Å². The predicted molar refractivity (Wildman–Crippen MR) is 81.1 cm³/mol. The van der Waals surface area contributed by atoms with Crippen LogP contribution in [0.1, 0.15) is 10.5 Å². The van der Waals surface area contributed by atoms with Gasteiger partial charge < -0.3 is 5.32 Å². The Balaban J connectivity index is 1.91. The third-order valence-corrected chi connectivity index (χ3v) is 3.32. The van der Waals surface area contributed by atoms with Gasteiger partial charge in [0.2, 0.25) is 0 Å². The van der Waals surface area contributed by atoms with Crippen LogP contribution < -0.4 is 5.32 Å². The molecule has 0 fully saturated rings. The zero-order valence-corrected chi connectivity index (χ0v) is 11.3. The molecular weight excluding hydrogens is 272 g/mol. The standard InChI is InChI=1S/C16H11ClN2O/c17-13-7-3-4-8-14(13)19-16(20)15-9-11-5-1-2-6-12(11)10-18-15/h1-10H,(H,19,20). The van der Waals surface area contributed by atoms with E-state index in [0.29, 0.717) is 16.4 Å². The van der Waals surface area contributed by atoms with Crippen molar-refractivity contribution in [3.8, 4) is 0 Å². The molecule has 0 radical (unpaired) electrons. The Morgan fingerprint density at radius 3 is 2.50 bits per heavy atom. The maximum Gasteiger partial charge on any atom is 0.274 e. The molecule has 0 bridgehead atoms. The first-order valence-corrected chi connectivity index (χ1v) is 6.52. The van der Waals surface area contributed by atoms with E-state index in [1.54, 1.807) is 24.4 Å². The highest BCUT2D eigenvalue weighted by molar-refractivity contribution is 6.33. The molecule has 1 amide bonds. The van der Waals surface area contributed by atoms with Crippen molar-refractivity contribution in [1.29, 1.82) is 0 Å². The molecular formula is C16H11ClN2O. The van der Waals surface area contributed by atoms with Gasteiger partial charge in [0.1, 0.15) is 5.69 Å². The smallest absolute Gasteiger partial charge is 0.274 e. The average Bonchev–Trinajstić information content (AvgIpc) is 2.49. The minimum atomic E-state index is -0.274. The lowest BCUT2D eigenvalue weighted by atomic mass is 10.1. The summed E-state index contributed by atoms with van der Waals surface area (Å²) < 4.78 is 0. The normalized spacial score (nSPS) is 10.4. The van der Waals surface area contributed by atoms with Crippen LogP contribution in [-0.2, 0) is 0 Å². The molecule has 0 saturated heterocycles. The molecule has 3 aromatic rings. The first-order chi connectivity index (χ1) is 9.74. The molecule has 3 rings (SSSR count). The summed E-state index contributed by atoms with van der Waals surface area (Å²) in [5.41, 5.74) is 0.942. The second kappa shape index (κ2) is 5.31. The fourth-order valence-electron chi connectivity index (χ4n) is 1.96. The van der Waals surface area contributed by atoms with Crippen molar-refractivity contribution in [2.24, 2.45) is 0 Å². The third kappa shape index (κ3) is 2.49. The average molecular weight is 283 g/mol. The molecule has 98 valence electrons. The van der Waals surface area contributed by atoms with Crippen molar-refractivity contribution < 1.29 is 4.79 Å². The number of nitrogens with one attached hydrogen (secondary N) is 1. The number of carbonyl (C=O) groups is 1. The lowest BCUT2D eigenvalue weighted by Crippen LogP contribution is -2.13. The van der Waals surface area contributed by atoms with Crippen LogP contribution in [0.3, 0.4) is 0 Å². The first kappa shape index (κ1) is 12.6. The van der Waals surface area contributed by atoms with Gasteiger partial charge in [0.25, 0.3) is 5.91 Å². The number of rotatable bonds is 2. The van der Waals surface area contributed by atoms with Crippen LogP contribution in [0.4, 0.5) is 5.69 Å². The topological polar surface area (TPSA) is 42.0 Å². The van der Waals surface area contributed by atoms with Crippen LogP contribution in [0.15, 0.2) is 60.8 Å². The van der Waals surface area contributed by atoms with Gasteiger partial charge in [-0.15, -0.1) is 0 Å². The number of fused-ring (bicyclic) bond motifs is 1. The van der Waals surface area contributed by atoms with E-state index >= 15 is 0 Å². The summed E-state index contributed by atoms with van der Waals surface area (Å²) >= 11 is 6.02. The highest BCUT2D eigenvalue weighted by atomic mass is 35.5. The maximum absolute atomic E-state index is 12.2. The summed E-state index contributed by atoms with van der Waals surface area (Å²) in [4.78, 5) is 16.4. The van der Waals surface area contributed by atoms with Crippen molar-refractivity contribution in [2.45, 2.75) is 0 Å². The number of benzene rings is 2. The largest absolute Gasteiger partial charge is 0.319 e. The SMILES string of the molecule is O=C(Nc1ccccc1Cl)c1cc2ccccc2cn1. The van der Waals surface area contributed by atoms with Crippen LogP contribution >= 0.6 is 11.6 Å². The molecule has 1 aromatic heterocycles. The number of halogens is 1. The molecule has 4 heteroatoms. The molecule has 0 aliphatic carbocycles. The fraction of sp³-hybridized carbons (Fsp3) is 0. The number of para-hydroxylation sites is 1. The molecule has 0 saturated carbocycles. The molecule has 2 aromatic carbocycles. The number of amides is 1. The monoisotopic (exact) mass is 282 g/mol. The Hall–Kier alpha value is -2.39. The lowest BCUT2D eigenvalue weighted by molar-refractivity contribution is 0.102. The van der Waals surface area contributed by atoms with Crippen LogP contribution in [0.25, 0.3) is 10.8 Å². The van der Waals surface area contributed by atoms with Crippen molar-refractivity contribution in [3.63, 3.8) is 0 Å². The molecule has 20 heavy (non-hydrogen) atoms. The highest BCUT2D eigenvalue weighted by Crippen LogP contribution is 2.21. The van der Waals surface area contributed by atoms with Crippen molar-refractivity contribution in [3.05, 3.63) is 71.5 Å². The minimum Gasteiger partial charge on any atom is -0.319 e. The second-order valence-electron chi connectivity index (χ2n) is 4.35. The van der Waals surface area contributed by atoms with E-state index in [2.05, 4.69) is 10.3 Å². The lowest BCUT2D eigenvalue weighted by Gasteiger charge is -2.07. The Kier molecular flexibility index (Phi) is 3.35. The quantitative estimate of drug-likeness (QED) is 0.767. The van der Waals surface area contributed by atoms with Crippen molar-refractivity contribution >= 4 is 34.0 Å². The molecule has 0 atom stereocenters. The van der Waals surface area contributed by atoms with E-state index in [0.717, 1.165) is 10.8 Å². The van der Waals surface area contributed by atoms with Crippen molar-refractivity contribution in [2.75, 3.05) is 5.32 Å². The van der Waals surface area contributed by atoms with E-state index < -0.39 is 0 Å². The minimum absolute atomic E-state index is 0.274. The van der Waals surface area contributed by atoms with E-state index in [1.807, 2.05) is 36.4 Å². The van der Waals surface area contributed by atoms with E-state index in [-0.39, 0.29) is 5.91 Å². The van der Waals surface area contributed by atoms with Gasteiger partial charge >= 0.3 is 0 Å². The first-order valence-electron chi connectivity index (χ1n) is 6.15. The number of anilines is 1. The number of hydrogen-bond donors (Lipinski definition) is 1. The second-order valence-corrected chi connectivity index (χ2v) is 4.76. The number of aromatic nitrogens is 1. The summed E-state index contributed by atoms with van der Waals surface area (Å²) in [6, 6.07) is 16.6. The van der Waals surface area contributed by atoms with Crippen LogP contribution in [0.2, 0.25) is 5.02 Å². The number of carbonyl (C=O) groups excluding carboxylic acids is 1. The zero-order chi connectivity index (χ0) is 13.9. The number of hydrogen-bond acceptors (Lipinski definition) is 2. The van der Waals surface area contributed by atoms with Gasteiger partial charge in [-0.25, -0.2) is 0 Å². The van der Waals surface area contributed by atoms with Crippen LogP contribution in [-0.4, -0.2) is 10.9 Å². The maximum atomic E-state index is 12.2. The van der Waals surface area contributed by atoms with E-state index in [4.69, 9.17) is 11.6 Å². The summed E-state index contributed by atoms with van der Waals surface area (Å²) in [6.45, 7) is 0. The molecule has 0 spiro atoms. The van der Waals surface area contributed by atoms with Gasteiger partial charge in [-0.3, -0.25) is 9.78 Å². The Morgan fingerprint density at radius 2 is 1.70 bits per heavy atom. The number of nitrogens with zero attached hydrogens (tertiary/aromatic N) is 1.